The van der Waals surface area contributed by atoms with E-state index in [9.17, 15) is 4.79 Å². The van der Waals surface area contributed by atoms with Gasteiger partial charge in [-0.05, 0) is 28.1 Å². The molecule has 8 heteroatoms. The minimum Gasteiger partial charge on any atom is -0.318 e. The summed E-state index contributed by atoms with van der Waals surface area (Å²) in [5.74, 6) is -0.281. The second-order valence-corrected chi connectivity index (χ2v) is 5.02. The third kappa shape index (κ3) is 2.22. The van der Waals surface area contributed by atoms with Crippen molar-refractivity contribution >= 4 is 44.6 Å². The zero-order chi connectivity index (χ0) is 13.4. The molecule has 3 aromatic rings. The van der Waals surface area contributed by atoms with E-state index in [0.717, 1.165) is 9.99 Å². The van der Waals surface area contributed by atoms with Crippen LogP contribution in [0.5, 0.6) is 0 Å². The van der Waals surface area contributed by atoms with Crippen LogP contribution in [0, 0.1) is 0 Å². The number of hydrogen-bond acceptors (Lipinski definition) is 3. The number of carbonyl (C=O) groups excluding carboxylic acids is 1. The average Bonchev–Trinajstić information content (AvgIpc) is 2.97. The van der Waals surface area contributed by atoms with E-state index in [1.54, 1.807) is 23.0 Å². The van der Waals surface area contributed by atoms with Crippen LogP contribution in [0.4, 0.5) is 5.69 Å². The lowest BCUT2D eigenvalue weighted by Gasteiger charge is -2.03. The molecule has 0 bridgehead atoms. The Hall–Kier alpha value is -1.86. The fourth-order valence-corrected chi connectivity index (χ4v) is 2.19. The number of aromatic nitrogens is 4. The van der Waals surface area contributed by atoms with Crippen molar-refractivity contribution in [2.45, 2.75) is 0 Å². The summed E-state index contributed by atoms with van der Waals surface area (Å²) >= 11 is 9.19. The van der Waals surface area contributed by atoms with Gasteiger partial charge in [0.2, 0.25) is 0 Å². The molecule has 3 heterocycles. The first-order valence-electron chi connectivity index (χ1n) is 5.28. The lowest BCUT2D eigenvalue weighted by atomic mass is 10.2. The Morgan fingerprint density at radius 3 is 3.00 bits per heavy atom. The molecule has 0 spiro atoms. The average molecular weight is 341 g/mol. The van der Waals surface area contributed by atoms with Gasteiger partial charge in [0.05, 0.1) is 33.6 Å². The number of rotatable bonds is 2. The minimum absolute atomic E-state index is 0.281. The maximum Gasteiger partial charge on any atom is 0.257 e. The molecule has 0 aliphatic rings. The normalized spacial score (nSPS) is 10.8. The van der Waals surface area contributed by atoms with E-state index in [1.807, 2.05) is 6.07 Å². The highest BCUT2D eigenvalue weighted by atomic mass is 79.9. The van der Waals surface area contributed by atoms with Crippen molar-refractivity contribution in [1.29, 1.82) is 0 Å². The second-order valence-electron chi connectivity index (χ2n) is 3.79. The highest BCUT2D eigenvalue weighted by Crippen LogP contribution is 2.20. The maximum atomic E-state index is 12.1. The predicted octanol–water partition coefficient (Wildman–Crippen LogP) is 2.73. The molecule has 1 amide bonds. The Balaban J connectivity index is 1.91. The van der Waals surface area contributed by atoms with E-state index in [-0.39, 0.29) is 11.1 Å². The molecule has 2 N–H and O–H groups in total. The Kier molecular flexibility index (Phi) is 3.00. The van der Waals surface area contributed by atoms with Gasteiger partial charge in [0.15, 0.2) is 0 Å². The summed E-state index contributed by atoms with van der Waals surface area (Å²) in [6.07, 6.45) is 4.76. The molecule has 0 aliphatic heterocycles. The van der Waals surface area contributed by atoms with Crippen molar-refractivity contribution in [1.82, 2.24) is 19.8 Å². The molecule has 0 fully saturated rings. The SMILES string of the molecule is O=C(Nc1cn[nH]c1Cl)c1ccc2c(Br)cnn2c1. The lowest BCUT2D eigenvalue weighted by Crippen LogP contribution is -2.12. The quantitative estimate of drug-likeness (QED) is 0.753. The van der Waals surface area contributed by atoms with Crippen molar-refractivity contribution in [3.05, 3.63) is 45.9 Å². The first-order valence-corrected chi connectivity index (χ1v) is 6.45. The molecular formula is C11H7BrClN5O. The van der Waals surface area contributed by atoms with Crippen LogP contribution in [0.1, 0.15) is 10.4 Å². The summed E-state index contributed by atoms with van der Waals surface area (Å²) in [5.41, 5.74) is 1.80. The third-order valence-electron chi connectivity index (χ3n) is 2.57. The summed E-state index contributed by atoms with van der Waals surface area (Å²) in [4.78, 5) is 12.1. The number of carbonyl (C=O) groups is 1. The Bertz CT molecular complexity index is 765. The van der Waals surface area contributed by atoms with Gasteiger partial charge in [-0.25, -0.2) is 4.52 Å². The molecule has 0 saturated heterocycles. The van der Waals surface area contributed by atoms with Gasteiger partial charge in [-0.1, -0.05) is 11.6 Å². The van der Waals surface area contributed by atoms with Gasteiger partial charge in [-0.15, -0.1) is 0 Å². The molecule has 96 valence electrons. The number of amides is 1. The van der Waals surface area contributed by atoms with Crippen molar-refractivity contribution in [2.75, 3.05) is 5.32 Å². The van der Waals surface area contributed by atoms with E-state index < -0.39 is 0 Å². The van der Waals surface area contributed by atoms with Crippen LogP contribution >= 0.6 is 27.5 Å². The predicted molar refractivity (Wildman–Crippen MR) is 74.4 cm³/mol. The number of fused-ring (bicyclic) bond motifs is 1. The molecule has 3 rings (SSSR count). The fourth-order valence-electron chi connectivity index (χ4n) is 1.64. The monoisotopic (exact) mass is 339 g/mol. The molecule has 0 radical (unpaired) electrons. The van der Waals surface area contributed by atoms with E-state index in [2.05, 4.69) is 36.5 Å². The number of nitrogens with one attached hydrogen (secondary N) is 2. The third-order valence-corrected chi connectivity index (χ3v) is 3.47. The lowest BCUT2D eigenvalue weighted by molar-refractivity contribution is 0.102. The molecule has 0 aliphatic carbocycles. The van der Waals surface area contributed by atoms with Gasteiger partial charge in [0.25, 0.3) is 5.91 Å². The van der Waals surface area contributed by atoms with Crippen LogP contribution in [0.25, 0.3) is 5.52 Å². The zero-order valence-electron chi connectivity index (χ0n) is 9.39. The van der Waals surface area contributed by atoms with Gasteiger partial charge in [-0.3, -0.25) is 9.89 Å². The summed E-state index contributed by atoms with van der Waals surface area (Å²) < 4.78 is 2.49. The zero-order valence-corrected chi connectivity index (χ0v) is 11.7. The first-order chi connectivity index (χ1) is 9.15. The number of anilines is 1. The number of nitrogens with zero attached hydrogens (tertiary/aromatic N) is 3. The number of pyridine rings is 1. The molecule has 0 atom stereocenters. The van der Waals surface area contributed by atoms with Crippen molar-refractivity contribution in [2.24, 2.45) is 0 Å². The van der Waals surface area contributed by atoms with Gasteiger partial charge in [-0.2, -0.15) is 10.2 Å². The summed E-state index contributed by atoms with van der Waals surface area (Å²) in [6.45, 7) is 0. The topological polar surface area (TPSA) is 75.1 Å². The van der Waals surface area contributed by atoms with Gasteiger partial charge >= 0.3 is 0 Å². The smallest absolute Gasteiger partial charge is 0.257 e. The highest BCUT2D eigenvalue weighted by Gasteiger charge is 2.11. The van der Waals surface area contributed by atoms with E-state index in [0.29, 0.717) is 11.3 Å². The van der Waals surface area contributed by atoms with Crippen molar-refractivity contribution < 1.29 is 4.79 Å². The first kappa shape index (κ1) is 12.2. The largest absolute Gasteiger partial charge is 0.318 e. The fraction of sp³-hybridized carbons (Fsp3) is 0. The number of H-pyrrole nitrogens is 1. The van der Waals surface area contributed by atoms with Crippen LogP contribution < -0.4 is 5.32 Å². The molecule has 0 aromatic carbocycles. The minimum atomic E-state index is -0.281. The Morgan fingerprint density at radius 2 is 2.26 bits per heavy atom. The Labute approximate surface area is 120 Å². The molecular weight excluding hydrogens is 334 g/mol. The highest BCUT2D eigenvalue weighted by molar-refractivity contribution is 9.10. The number of aromatic amines is 1. The van der Waals surface area contributed by atoms with Crippen LogP contribution in [0.2, 0.25) is 5.15 Å². The number of halogens is 2. The van der Waals surface area contributed by atoms with Gasteiger partial charge in [0.1, 0.15) is 5.15 Å². The molecule has 6 nitrogen and oxygen atoms in total. The van der Waals surface area contributed by atoms with Gasteiger partial charge in [0, 0.05) is 6.20 Å². The van der Waals surface area contributed by atoms with E-state index in [1.165, 1.54) is 6.20 Å². The summed E-state index contributed by atoms with van der Waals surface area (Å²) in [6, 6.07) is 3.52. The molecule has 0 unspecified atom stereocenters. The maximum absolute atomic E-state index is 12.1. The summed E-state index contributed by atoms with van der Waals surface area (Å²) in [5, 5.41) is 13.3. The van der Waals surface area contributed by atoms with Crippen molar-refractivity contribution in [3.8, 4) is 0 Å². The van der Waals surface area contributed by atoms with E-state index >= 15 is 0 Å². The van der Waals surface area contributed by atoms with Crippen LogP contribution in [-0.2, 0) is 0 Å². The van der Waals surface area contributed by atoms with Crippen LogP contribution in [-0.4, -0.2) is 25.7 Å². The number of hydrogen-bond donors (Lipinski definition) is 2. The molecule has 0 saturated carbocycles. The Morgan fingerprint density at radius 1 is 1.42 bits per heavy atom. The second kappa shape index (κ2) is 4.67. The molecule has 19 heavy (non-hydrogen) atoms. The summed E-state index contributed by atoms with van der Waals surface area (Å²) in [7, 11) is 0. The molecule has 3 aromatic heterocycles. The van der Waals surface area contributed by atoms with Gasteiger partial charge < -0.3 is 5.32 Å². The van der Waals surface area contributed by atoms with E-state index in [4.69, 9.17) is 11.6 Å². The van der Waals surface area contributed by atoms with Crippen molar-refractivity contribution in [3.63, 3.8) is 0 Å². The standard InChI is InChI=1S/C11H7BrClN5O/c12-7-3-15-18-5-6(1-2-9(7)18)11(19)16-8-4-14-17-10(8)13/h1-5H,(H,14,17)(H,16,19). The van der Waals surface area contributed by atoms with Crippen LogP contribution in [0.15, 0.2) is 35.2 Å². The van der Waals surface area contributed by atoms with Crippen LogP contribution in [0.3, 0.4) is 0 Å².